The Morgan fingerprint density at radius 1 is 1.10 bits per heavy atom. The smallest absolute Gasteiger partial charge is 0.191 e. The van der Waals surface area contributed by atoms with Crippen LogP contribution >= 0.6 is 0 Å². The highest BCUT2D eigenvalue weighted by atomic mass is 19.1. The van der Waals surface area contributed by atoms with E-state index in [9.17, 15) is 13.2 Å². The van der Waals surface area contributed by atoms with E-state index in [4.69, 9.17) is 0 Å². The summed E-state index contributed by atoms with van der Waals surface area (Å²) in [6, 6.07) is 9.38. The van der Waals surface area contributed by atoms with Crippen molar-refractivity contribution in [3.8, 4) is 5.75 Å². The fourth-order valence-electron chi connectivity index (χ4n) is 1.58. The van der Waals surface area contributed by atoms with Gasteiger partial charge in [0.05, 0.1) is 24.6 Å². The zero-order chi connectivity index (χ0) is 14.5. The molecular weight excluding hydrogens is 269 g/mol. The third-order valence-corrected chi connectivity index (χ3v) is 2.53. The first kappa shape index (κ1) is 13.9. The van der Waals surface area contributed by atoms with Crippen molar-refractivity contribution in [3.05, 3.63) is 59.4 Å². The quantitative estimate of drug-likeness (QED) is 0.686. The van der Waals surface area contributed by atoms with Crippen LogP contribution in [0, 0.1) is 17.5 Å². The first-order valence-electron chi connectivity index (χ1n) is 5.69. The van der Waals surface area contributed by atoms with Gasteiger partial charge in [-0.15, -0.1) is 0 Å². The number of para-hydroxylation sites is 1. The third kappa shape index (κ3) is 2.90. The van der Waals surface area contributed by atoms with Crippen molar-refractivity contribution in [2.75, 3.05) is 12.5 Å². The highest BCUT2D eigenvalue weighted by Gasteiger charge is 2.18. The Bertz CT molecular complexity index is 630. The lowest BCUT2D eigenvalue weighted by Crippen LogP contribution is -2.02. The van der Waals surface area contributed by atoms with Crippen LogP contribution in [-0.4, -0.2) is 13.3 Å². The summed E-state index contributed by atoms with van der Waals surface area (Å²) in [7, 11) is 1.10. The van der Waals surface area contributed by atoms with E-state index in [2.05, 4.69) is 15.3 Å². The summed E-state index contributed by atoms with van der Waals surface area (Å²) in [6.45, 7) is 0. The van der Waals surface area contributed by atoms with Crippen LogP contribution in [0.25, 0.3) is 0 Å². The van der Waals surface area contributed by atoms with Gasteiger partial charge in [0, 0.05) is 6.07 Å². The summed E-state index contributed by atoms with van der Waals surface area (Å²) in [6.07, 6.45) is 0.930. The number of halogens is 3. The topological polar surface area (TPSA) is 33.6 Å². The highest BCUT2D eigenvalue weighted by Crippen LogP contribution is 2.25. The molecule has 0 heterocycles. The van der Waals surface area contributed by atoms with Crippen molar-refractivity contribution in [2.45, 2.75) is 0 Å². The van der Waals surface area contributed by atoms with Crippen molar-refractivity contribution in [1.29, 1.82) is 0 Å². The van der Waals surface area contributed by atoms with E-state index in [0.717, 1.165) is 13.3 Å². The van der Waals surface area contributed by atoms with E-state index in [1.165, 1.54) is 0 Å². The molecule has 104 valence electrons. The lowest BCUT2D eigenvalue weighted by molar-refractivity contribution is 0.355. The van der Waals surface area contributed by atoms with Gasteiger partial charge in [0.1, 0.15) is 5.82 Å². The Morgan fingerprint density at radius 3 is 2.45 bits per heavy atom. The number of benzene rings is 2. The van der Waals surface area contributed by atoms with Gasteiger partial charge in [-0.25, -0.2) is 13.2 Å². The molecule has 0 aliphatic heterocycles. The number of nitrogens with zero attached hydrogens (tertiary/aromatic N) is 1. The fourth-order valence-corrected chi connectivity index (χ4v) is 1.58. The van der Waals surface area contributed by atoms with Gasteiger partial charge in [-0.05, 0) is 12.1 Å². The number of hydrogen-bond donors (Lipinski definition) is 1. The minimum absolute atomic E-state index is 0.480. The van der Waals surface area contributed by atoms with Gasteiger partial charge in [-0.2, -0.15) is 5.10 Å². The summed E-state index contributed by atoms with van der Waals surface area (Å²) < 4.78 is 45.0. The maximum absolute atomic E-state index is 13.8. The van der Waals surface area contributed by atoms with E-state index < -0.39 is 28.8 Å². The van der Waals surface area contributed by atoms with E-state index in [-0.39, 0.29) is 0 Å². The molecule has 0 aromatic heterocycles. The van der Waals surface area contributed by atoms with Crippen molar-refractivity contribution < 1.29 is 17.9 Å². The molecular formula is C14H11F3N2O. The van der Waals surface area contributed by atoms with Gasteiger partial charge in [0.15, 0.2) is 17.4 Å². The second kappa shape index (κ2) is 6.10. The molecule has 2 aromatic rings. The molecule has 0 radical (unpaired) electrons. The zero-order valence-corrected chi connectivity index (χ0v) is 10.5. The molecule has 0 saturated carbocycles. The highest BCUT2D eigenvalue weighted by molar-refractivity contribution is 5.81. The first-order valence-corrected chi connectivity index (χ1v) is 5.69. The largest absolute Gasteiger partial charge is 0.491 e. The molecule has 6 heteroatoms. The lowest BCUT2D eigenvalue weighted by Gasteiger charge is -2.06. The van der Waals surface area contributed by atoms with Gasteiger partial charge in [-0.3, -0.25) is 5.43 Å². The lowest BCUT2D eigenvalue weighted by atomic mass is 10.2. The average molecular weight is 280 g/mol. The van der Waals surface area contributed by atoms with Gasteiger partial charge in [0.25, 0.3) is 0 Å². The van der Waals surface area contributed by atoms with Gasteiger partial charge in [0.2, 0.25) is 0 Å². The molecule has 0 spiro atoms. The zero-order valence-electron chi connectivity index (χ0n) is 10.5. The molecule has 0 bridgehead atoms. The minimum Gasteiger partial charge on any atom is -0.491 e. The predicted molar refractivity (Wildman–Crippen MR) is 70.5 cm³/mol. The van der Waals surface area contributed by atoms with Crippen LogP contribution in [0.5, 0.6) is 5.75 Å². The summed E-state index contributed by atoms with van der Waals surface area (Å²) >= 11 is 0. The second-order valence-corrected chi connectivity index (χ2v) is 3.84. The number of rotatable bonds is 4. The van der Waals surface area contributed by atoms with Crippen LogP contribution in [0.2, 0.25) is 0 Å². The van der Waals surface area contributed by atoms with Crippen molar-refractivity contribution in [3.63, 3.8) is 0 Å². The van der Waals surface area contributed by atoms with Crippen molar-refractivity contribution >= 4 is 11.9 Å². The number of methoxy groups -OCH3 is 1. The van der Waals surface area contributed by atoms with Crippen LogP contribution in [0.15, 0.2) is 41.5 Å². The van der Waals surface area contributed by atoms with Crippen LogP contribution in [0.4, 0.5) is 18.9 Å². The van der Waals surface area contributed by atoms with E-state index in [0.29, 0.717) is 11.8 Å². The number of ether oxygens (including phenoxy) is 1. The van der Waals surface area contributed by atoms with E-state index in [1.807, 2.05) is 6.07 Å². The minimum atomic E-state index is -1.14. The molecule has 0 unspecified atom stereocenters. The number of hydrogen-bond acceptors (Lipinski definition) is 3. The molecule has 0 aliphatic rings. The molecule has 0 fully saturated rings. The maximum Gasteiger partial charge on any atom is 0.191 e. The first-order chi connectivity index (χ1) is 9.63. The Hall–Kier alpha value is -2.50. The van der Waals surface area contributed by atoms with E-state index in [1.54, 1.807) is 24.3 Å². The van der Waals surface area contributed by atoms with Crippen molar-refractivity contribution in [2.24, 2.45) is 5.10 Å². The Morgan fingerprint density at radius 2 is 1.80 bits per heavy atom. The Balaban J connectivity index is 2.25. The fraction of sp³-hybridized carbons (Fsp3) is 0.0714. The third-order valence-electron chi connectivity index (χ3n) is 2.53. The number of anilines is 1. The summed E-state index contributed by atoms with van der Waals surface area (Å²) in [5.74, 6) is -3.94. The Kier molecular flexibility index (Phi) is 4.24. The molecule has 0 aliphatic carbocycles. The van der Waals surface area contributed by atoms with Crippen LogP contribution in [0.1, 0.15) is 5.56 Å². The molecule has 20 heavy (non-hydrogen) atoms. The second-order valence-electron chi connectivity index (χ2n) is 3.84. The molecule has 0 saturated heterocycles. The molecule has 0 atom stereocenters. The predicted octanol–water partition coefficient (Wildman–Crippen LogP) is 3.56. The molecule has 1 N–H and O–H groups in total. The normalized spacial score (nSPS) is 10.8. The van der Waals surface area contributed by atoms with Gasteiger partial charge >= 0.3 is 0 Å². The molecule has 2 aromatic carbocycles. The van der Waals surface area contributed by atoms with Crippen LogP contribution in [-0.2, 0) is 0 Å². The standard InChI is InChI=1S/C14H11F3N2O/c1-20-14-12(16)7-11(15)10(13(14)17)8-18-19-9-5-3-2-4-6-9/h2-8,19H,1H3. The average Bonchev–Trinajstić information content (AvgIpc) is 2.44. The molecule has 2 rings (SSSR count). The summed E-state index contributed by atoms with van der Waals surface area (Å²) in [4.78, 5) is 0. The maximum atomic E-state index is 13.8. The van der Waals surface area contributed by atoms with E-state index >= 15 is 0 Å². The van der Waals surface area contributed by atoms with Crippen LogP contribution < -0.4 is 10.2 Å². The monoisotopic (exact) mass is 280 g/mol. The summed E-state index contributed by atoms with van der Waals surface area (Å²) in [5.41, 5.74) is 2.77. The van der Waals surface area contributed by atoms with Crippen molar-refractivity contribution in [1.82, 2.24) is 0 Å². The molecule has 0 amide bonds. The van der Waals surface area contributed by atoms with Crippen LogP contribution in [0.3, 0.4) is 0 Å². The molecule has 3 nitrogen and oxygen atoms in total. The number of nitrogens with one attached hydrogen (secondary N) is 1. The Labute approximate surface area is 113 Å². The number of hydrazone groups is 1. The summed E-state index contributed by atoms with van der Waals surface area (Å²) in [5, 5.41) is 3.71. The van der Waals surface area contributed by atoms with Gasteiger partial charge < -0.3 is 4.74 Å². The SMILES string of the molecule is COc1c(F)cc(F)c(C=NNc2ccccc2)c1F. The van der Waals surface area contributed by atoms with Gasteiger partial charge in [-0.1, -0.05) is 18.2 Å².